The zero-order valence-electron chi connectivity index (χ0n) is 13.0. The molecule has 3 rings (SSSR count). The van der Waals surface area contributed by atoms with Crippen LogP contribution in [-0.2, 0) is 13.5 Å². The first-order chi connectivity index (χ1) is 10.7. The monoisotopic (exact) mass is 299 g/mol. The molecule has 1 atom stereocenters. The molecule has 1 aliphatic carbocycles. The molecular formula is C17H21N3O2. The van der Waals surface area contributed by atoms with Gasteiger partial charge in [0, 0.05) is 25.7 Å². The lowest BCUT2D eigenvalue weighted by Gasteiger charge is -2.26. The van der Waals surface area contributed by atoms with Gasteiger partial charge < -0.3 is 10.1 Å². The second-order valence-electron chi connectivity index (χ2n) is 5.70. The smallest absolute Gasteiger partial charge is 0.269 e. The molecule has 1 N–H and O–H groups in total. The van der Waals surface area contributed by atoms with E-state index < -0.39 is 0 Å². The minimum Gasteiger partial charge on any atom is -0.497 e. The van der Waals surface area contributed by atoms with Crippen LogP contribution in [0.2, 0.25) is 0 Å². The molecule has 5 nitrogen and oxygen atoms in total. The standard InChI is InChI=1S/C17H21N3O2/c1-20-16(8-9-19-20)17(21)18-11-13-5-3-4-12-10-14(22-2)6-7-15(12)13/h6-10,13H,3-5,11H2,1-2H3,(H,18,21)/t13-/m1/s1. The fourth-order valence-corrected chi connectivity index (χ4v) is 3.13. The molecule has 0 spiro atoms. The Hall–Kier alpha value is -2.30. The number of hydrogen-bond acceptors (Lipinski definition) is 3. The highest BCUT2D eigenvalue weighted by atomic mass is 16.5. The second kappa shape index (κ2) is 6.22. The number of hydrogen-bond donors (Lipinski definition) is 1. The fraction of sp³-hybridized carbons (Fsp3) is 0.412. The zero-order valence-corrected chi connectivity index (χ0v) is 13.0. The summed E-state index contributed by atoms with van der Waals surface area (Å²) in [4.78, 5) is 12.2. The summed E-state index contributed by atoms with van der Waals surface area (Å²) in [6.45, 7) is 0.656. The Morgan fingerprint density at radius 1 is 1.45 bits per heavy atom. The van der Waals surface area contributed by atoms with Crippen molar-refractivity contribution in [3.8, 4) is 5.75 Å². The Bertz CT molecular complexity index is 678. The number of aromatic nitrogens is 2. The van der Waals surface area contributed by atoms with Crippen molar-refractivity contribution < 1.29 is 9.53 Å². The van der Waals surface area contributed by atoms with Gasteiger partial charge in [-0.1, -0.05) is 6.07 Å². The summed E-state index contributed by atoms with van der Waals surface area (Å²) in [5.74, 6) is 1.20. The molecule has 0 saturated carbocycles. The average molecular weight is 299 g/mol. The van der Waals surface area contributed by atoms with Crippen LogP contribution in [0.1, 0.15) is 40.4 Å². The Balaban J connectivity index is 1.70. The molecule has 2 aromatic rings. The number of carbonyl (C=O) groups is 1. The Kier molecular flexibility index (Phi) is 4.13. The van der Waals surface area contributed by atoms with Crippen molar-refractivity contribution in [2.45, 2.75) is 25.2 Å². The molecule has 1 aromatic heterocycles. The lowest BCUT2D eigenvalue weighted by Crippen LogP contribution is -2.31. The first kappa shape index (κ1) is 14.6. The number of carbonyl (C=O) groups excluding carboxylic acids is 1. The highest BCUT2D eigenvalue weighted by molar-refractivity contribution is 5.92. The fourth-order valence-electron chi connectivity index (χ4n) is 3.13. The third-order valence-corrected chi connectivity index (χ3v) is 4.35. The van der Waals surface area contributed by atoms with E-state index >= 15 is 0 Å². The highest BCUT2D eigenvalue weighted by Gasteiger charge is 2.21. The lowest BCUT2D eigenvalue weighted by molar-refractivity contribution is 0.0941. The van der Waals surface area contributed by atoms with Gasteiger partial charge >= 0.3 is 0 Å². The molecule has 0 bridgehead atoms. The first-order valence-electron chi connectivity index (χ1n) is 7.62. The number of methoxy groups -OCH3 is 1. The molecular weight excluding hydrogens is 278 g/mol. The minimum atomic E-state index is -0.0689. The van der Waals surface area contributed by atoms with Crippen LogP contribution < -0.4 is 10.1 Å². The zero-order chi connectivity index (χ0) is 15.5. The maximum atomic E-state index is 12.2. The van der Waals surface area contributed by atoms with Gasteiger partial charge in [0.05, 0.1) is 7.11 Å². The SMILES string of the molecule is COc1ccc2c(c1)CCC[C@@H]2CNC(=O)c1ccnn1C. The summed E-state index contributed by atoms with van der Waals surface area (Å²) in [7, 11) is 3.47. The van der Waals surface area contributed by atoms with Gasteiger partial charge in [-0.3, -0.25) is 9.48 Å². The highest BCUT2D eigenvalue weighted by Crippen LogP contribution is 2.33. The van der Waals surface area contributed by atoms with Crippen LogP contribution in [0.4, 0.5) is 0 Å². The molecule has 1 amide bonds. The number of nitrogens with one attached hydrogen (secondary N) is 1. The summed E-state index contributed by atoms with van der Waals surface area (Å²) in [6.07, 6.45) is 4.97. The van der Waals surface area contributed by atoms with Gasteiger partial charge in [-0.25, -0.2) is 0 Å². The van der Waals surface area contributed by atoms with E-state index in [4.69, 9.17) is 4.74 Å². The molecule has 0 fully saturated rings. The van der Waals surface area contributed by atoms with E-state index in [0.717, 1.165) is 25.0 Å². The van der Waals surface area contributed by atoms with E-state index in [1.807, 2.05) is 6.07 Å². The van der Waals surface area contributed by atoms with Gasteiger partial charge in [-0.2, -0.15) is 5.10 Å². The number of nitrogens with zero attached hydrogens (tertiary/aromatic N) is 2. The van der Waals surface area contributed by atoms with E-state index in [2.05, 4.69) is 22.5 Å². The second-order valence-corrected chi connectivity index (χ2v) is 5.70. The normalized spacial score (nSPS) is 16.9. The van der Waals surface area contributed by atoms with Crippen molar-refractivity contribution in [3.63, 3.8) is 0 Å². The van der Waals surface area contributed by atoms with E-state index in [1.165, 1.54) is 11.1 Å². The van der Waals surface area contributed by atoms with Gasteiger partial charge in [-0.15, -0.1) is 0 Å². The molecule has 22 heavy (non-hydrogen) atoms. The van der Waals surface area contributed by atoms with Gasteiger partial charge in [0.15, 0.2) is 0 Å². The molecule has 0 radical (unpaired) electrons. The number of rotatable bonds is 4. The number of benzene rings is 1. The lowest BCUT2D eigenvalue weighted by atomic mass is 9.82. The van der Waals surface area contributed by atoms with Crippen molar-refractivity contribution >= 4 is 5.91 Å². The Labute approximate surface area is 130 Å². The largest absolute Gasteiger partial charge is 0.497 e. The molecule has 1 heterocycles. The predicted molar refractivity (Wildman–Crippen MR) is 84.2 cm³/mol. The molecule has 0 aliphatic heterocycles. The Morgan fingerprint density at radius 2 is 2.32 bits per heavy atom. The van der Waals surface area contributed by atoms with Crippen molar-refractivity contribution in [1.82, 2.24) is 15.1 Å². The maximum absolute atomic E-state index is 12.2. The summed E-state index contributed by atoms with van der Waals surface area (Å²) in [5.41, 5.74) is 3.26. The van der Waals surface area contributed by atoms with Crippen LogP contribution >= 0.6 is 0 Å². The van der Waals surface area contributed by atoms with E-state index in [9.17, 15) is 4.79 Å². The van der Waals surface area contributed by atoms with Crippen molar-refractivity contribution in [3.05, 3.63) is 47.3 Å². The molecule has 1 aromatic carbocycles. The van der Waals surface area contributed by atoms with Crippen molar-refractivity contribution in [1.29, 1.82) is 0 Å². The number of aryl methyl sites for hydroxylation is 2. The van der Waals surface area contributed by atoms with Crippen molar-refractivity contribution in [2.24, 2.45) is 7.05 Å². The van der Waals surface area contributed by atoms with Crippen LogP contribution in [0.25, 0.3) is 0 Å². The van der Waals surface area contributed by atoms with Crippen LogP contribution in [0.15, 0.2) is 30.5 Å². The summed E-state index contributed by atoms with van der Waals surface area (Å²) < 4.78 is 6.89. The molecule has 0 unspecified atom stereocenters. The quantitative estimate of drug-likeness (QED) is 0.942. The summed E-state index contributed by atoms with van der Waals surface area (Å²) >= 11 is 0. The van der Waals surface area contributed by atoms with E-state index in [-0.39, 0.29) is 5.91 Å². The van der Waals surface area contributed by atoms with Crippen LogP contribution in [0, 0.1) is 0 Å². The first-order valence-corrected chi connectivity index (χ1v) is 7.62. The molecule has 0 saturated heterocycles. The van der Waals surface area contributed by atoms with Gasteiger partial charge in [0.25, 0.3) is 5.91 Å². The number of fused-ring (bicyclic) bond motifs is 1. The maximum Gasteiger partial charge on any atom is 0.269 e. The molecule has 116 valence electrons. The summed E-state index contributed by atoms with van der Waals surface area (Å²) in [5, 5.41) is 7.06. The molecule has 5 heteroatoms. The number of amides is 1. The third kappa shape index (κ3) is 2.84. The number of ether oxygens (including phenoxy) is 1. The molecule has 1 aliphatic rings. The van der Waals surface area contributed by atoms with Crippen LogP contribution in [0.5, 0.6) is 5.75 Å². The van der Waals surface area contributed by atoms with Gasteiger partial charge in [0.1, 0.15) is 11.4 Å². The Morgan fingerprint density at radius 3 is 3.05 bits per heavy atom. The van der Waals surface area contributed by atoms with Crippen LogP contribution in [-0.4, -0.2) is 29.3 Å². The predicted octanol–water partition coefficient (Wildman–Crippen LogP) is 2.28. The third-order valence-electron chi connectivity index (χ3n) is 4.35. The van der Waals surface area contributed by atoms with Crippen LogP contribution in [0.3, 0.4) is 0 Å². The van der Waals surface area contributed by atoms with Crippen molar-refractivity contribution in [2.75, 3.05) is 13.7 Å². The topological polar surface area (TPSA) is 56.1 Å². The van der Waals surface area contributed by atoms with E-state index in [0.29, 0.717) is 18.2 Å². The minimum absolute atomic E-state index is 0.0689. The summed E-state index contributed by atoms with van der Waals surface area (Å²) in [6, 6.07) is 7.98. The average Bonchev–Trinajstić information content (AvgIpc) is 2.98. The van der Waals surface area contributed by atoms with Gasteiger partial charge in [-0.05, 0) is 48.6 Å². The van der Waals surface area contributed by atoms with Gasteiger partial charge in [0.2, 0.25) is 0 Å². The van der Waals surface area contributed by atoms with E-state index in [1.54, 1.807) is 31.1 Å².